The first-order valence-electron chi connectivity index (χ1n) is 10.2. The fraction of sp³-hybridized carbons (Fsp3) is 0.458. The van der Waals surface area contributed by atoms with Crippen LogP contribution in [0.5, 0.6) is 5.75 Å². The molecule has 0 amide bonds. The average molecular weight is 378 g/mol. The van der Waals surface area contributed by atoms with Gasteiger partial charge in [-0.15, -0.1) is 0 Å². The second kappa shape index (κ2) is 7.25. The summed E-state index contributed by atoms with van der Waals surface area (Å²) < 4.78 is 5.63. The van der Waals surface area contributed by atoms with Crippen LogP contribution >= 0.6 is 0 Å². The van der Waals surface area contributed by atoms with Gasteiger partial charge in [0.2, 0.25) is 0 Å². The van der Waals surface area contributed by atoms with Gasteiger partial charge in [-0.2, -0.15) is 0 Å². The van der Waals surface area contributed by atoms with E-state index < -0.39 is 0 Å². The number of nitrogens with zero attached hydrogens (tertiary/aromatic N) is 2. The third kappa shape index (κ3) is 3.53. The molecular weight excluding hydrogens is 346 g/mol. The van der Waals surface area contributed by atoms with E-state index in [0.717, 1.165) is 30.0 Å². The highest BCUT2D eigenvalue weighted by Gasteiger charge is 2.28. The zero-order valence-corrected chi connectivity index (χ0v) is 17.7. The molecule has 0 saturated carbocycles. The van der Waals surface area contributed by atoms with Gasteiger partial charge in [0.05, 0.1) is 7.11 Å². The fourth-order valence-electron chi connectivity index (χ4n) is 4.40. The van der Waals surface area contributed by atoms with Crippen LogP contribution < -0.4 is 4.74 Å². The van der Waals surface area contributed by atoms with Crippen LogP contribution in [-0.2, 0) is 0 Å². The summed E-state index contributed by atoms with van der Waals surface area (Å²) in [6.07, 6.45) is 4.27. The number of piperidine rings is 1. The quantitative estimate of drug-likeness (QED) is 0.653. The van der Waals surface area contributed by atoms with Crippen LogP contribution in [0, 0.1) is 6.92 Å². The van der Waals surface area contributed by atoms with Gasteiger partial charge in [0, 0.05) is 34.3 Å². The second-order valence-corrected chi connectivity index (χ2v) is 8.98. The first kappa shape index (κ1) is 19.0. The van der Waals surface area contributed by atoms with Crippen molar-refractivity contribution < 1.29 is 4.74 Å². The molecule has 4 nitrogen and oxygen atoms in total. The molecule has 3 aromatic rings. The van der Waals surface area contributed by atoms with Gasteiger partial charge in [0.25, 0.3) is 0 Å². The number of aromatic nitrogens is 2. The van der Waals surface area contributed by atoms with E-state index in [9.17, 15) is 0 Å². The molecule has 0 radical (unpaired) electrons. The highest BCUT2D eigenvalue weighted by atomic mass is 16.5. The molecule has 3 heterocycles. The van der Waals surface area contributed by atoms with Crippen LogP contribution in [0.4, 0.5) is 0 Å². The Labute approximate surface area is 167 Å². The van der Waals surface area contributed by atoms with Gasteiger partial charge in [-0.1, -0.05) is 11.6 Å². The van der Waals surface area contributed by atoms with Gasteiger partial charge < -0.3 is 9.72 Å². The number of fused-ring (bicyclic) bond motifs is 1. The number of aryl methyl sites for hydroxylation is 1. The summed E-state index contributed by atoms with van der Waals surface area (Å²) in [4.78, 5) is 10.8. The average Bonchev–Trinajstić information content (AvgIpc) is 3.11. The Kier molecular flexibility index (Phi) is 4.92. The van der Waals surface area contributed by atoms with Crippen molar-refractivity contribution in [2.24, 2.45) is 0 Å². The van der Waals surface area contributed by atoms with Crippen LogP contribution in [0.1, 0.15) is 50.8 Å². The molecule has 1 aromatic carbocycles. The highest BCUT2D eigenvalue weighted by molar-refractivity contribution is 5.95. The number of H-pyrrole nitrogens is 1. The summed E-state index contributed by atoms with van der Waals surface area (Å²) in [6, 6.07) is 10.7. The third-order valence-corrected chi connectivity index (χ3v) is 6.08. The van der Waals surface area contributed by atoms with Crippen LogP contribution in [-0.4, -0.2) is 40.6 Å². The Morgan fingerprint density at radius 2 is 1.82 bits per heavy atom. The first-order chi connectivity index (χ1) is 13.4. The number of ether oxygens (including phenoxy) is 1. The molecular formula is C24H31N3O. The predicted molar refractivity (Wildman–Crippen MR) is 116 cm³/mol. The Balaban J connectivity index is 1.68. The molecule has 0 bridgehead atoms. The number of hydrogen-bond acceptors (Lipinski definition) is 3. The molecule has 28 heavy (non-hydrogen) atoms. The van der Waals surface area contributed by atoms with Gasteiger partial charge in [-0.25, -0.2) is 4.98 Å². The van der Waals surface area contributed by atoms with E-state index in [1.54, 1.807) is 7.11 Å². The largest absolute Gasteiger partial charge is 0.496 e. The van der Waals surface area contributed by atoms with E-state index in [-0.39, 0.29) is 5.54 Å². The normalized spacial score (nSPS) is 16.6. The van der Waals surface area contributed by atoms with Crippen LogP contribution in [0.2, 0.25) is 0 Å². The number of rotatable bonds is 3. The molecule has 1 aliphatic rings. The van der Waals surface area contributed by atoms with Crippen molar-refractivity contribution in [3.8, 4) is 16.9 Å². The number of nitrogens with one attached hydrogen (secondary N) is 1. The highest BCUT2D eigenvalue weighted by Crippen LogP contribution is 2.38. The molecule has 2 aromatic heterocycles. The second-order valence-electron chi connectivity index (χ2n) is 8.98. The van der Waals surface area contributed by atoms with Gasteiger partial charge in [-0.3, -0.25) is 4.90 Å². The third-order valence-electron chi connectivity index (χ3n) is 6.08. The summed E-state index contributed by atoms with van der Waals surface area (Å²) in [5.41, 5.74) is 6.07. The molecule has 1 saturated heterocycles. The zero-order valence-electron chi connectivity index (χ0n) is 17.7. The lowest BCUT2D eigenvalue weighted by Crippen LogP contribution is -2.45. The van der Waals surface area contributed by atoms with Crippen molar-refractivity contribution in [3.05, 3.63) is 47.8 Å². The molecule has 0 spiro atoms. The number of pyridine rings is 1. The lowest BCUT2D eigenvalue weighted by Gasteiger charge is -2.40. The maximum absolute atomic E-state index is 5.63. The van der Waals surface area contributed by atoms with Crippen LogP contribution in [0.3, 0.4) is 0 Å². The number of methoxy groups -OCH3 is 1. The molecule has 1 N–H and O–H groups in total. The van der Waals surface area contributed by atoms with Crippen molar-refractivity contribution in [3.63, 3.8) is 0 Å². The van der Waals surface area contributed by atoms with E-state index >= 15 is 0 Å². The molecule has 4 rings (SSSR count). The molecule has 148 valence electrons. The standard InChI is InChI=1S/C24H31N3O/c1-16-6-7-22(28-5)19(14-16)18-8-11-25-23-20(18)15-21(26-23)17-9-12-27(13-10-17)24(2,3)4/h6-8,11,14-15,17H,9-10,12-13H2,1-5H3,(H,25,26). The van der Waals surface area contributed by atoms with Crippen molar-refractivity contribution >= 4 is 11.0 Å². The van der Waals surface area contributed by atoms with Gasteiger partial charge in [0.15, 0.2) is 0 Å². The minimum Gasteiger partial charge on any atom is -0.496 e. The van der Waals surface area contributed by atoms with Gasteiger partial charge in [0.1, 0.15) is 11.4 Å². The Morgan fingerprint density at radius 1 is 1.07 bits per heavy atom. The minimum atomic E-state index is 0.252. The fourth-order valence-corrected chi connectivity index (χ4v) is 4.40. The molecule has 0 atom stereocenters. The van der Waals surface area contributed by atoms with Crippen LogP contribution in [0.15, 0.2) is 36.5 Å². The van der Waals surface area contributed by atoms with E-state index in [1.165, 1.54) is 35.0 Å². The number of aromatic amines is 1. The molecule has 4 heteroatoms. The van der Waals surface area contributed by atoms with Gasteiger partial charge in [-0.05, 0) is 83.5 Å². The summed E-state index contributed by atoms with van der Waals surface area (Å²) in [5.74, 6) is 1.47. The first-order valence-corrected chi connectivity index (χ1v) is 10.2. The molecule has 1 aliphatic heterocycles. The van der Waals surface area contributed by atoms with E-state index in [4.69, 9.17) is 4.74 Å². The zero-order chi connectivity index (χ0) is 19.9. The Bertz CT molecular complexity index is 975. The molecule has 0 aliphatic carbocycles. The SMILES string of the molecule is COc1ccc(C)cc1-c1ccnc2[nH]c(C3CCN(C(C)(C)C)CC3)cc12. The van der Waals surface area contributed by atoms with Crippen molar-refractivity contribution in [2.75, 3.05) is 20.2 Å². The number of hydrogen-bond donors (Lipinski definition) is 1. The Hall–Kier alpha value is -2.33. The van der Waals surface area contributed by atoms with Gasteiger partial charge >= 0.3 is 0 Å². The predicted octanol–water partition coefficient (Wildman–Crippen LogP) is 5.52. The maximum Gasteiger partial charge on any atom is 0.138 e. The van der Waals surface area contributed by atoms with E-state index in [2.05, 4.69) is 66.8 Å². The number of benzene rings is 1. The summed E-state index contributed by atoms with van der Waals surface area (Å²) in [7, 11) is 1.73. The topological polar surface area (TPSA) is 41.1 Å². The maximum atomic E-state index is 5.63. The monoisotopic (exact) mass is 377 g/mol. The van der Waals surface area contributed by atoms with Crippen molar-refractivity contribution in [1.29, 1.82) is 0 Å². The molecule has 0 unspecified atom stereocenters. The van der Waals surface area contributed by atoms with Crippen LogP contribution in [0.25, 0.3) is 22.2 Å². The minimum absolute atomic E-state index is 0.252. The summed E-state index contributed by atoms with van der Waals surface area (Å²) in [6.45, 7) is 11.3. The molecule has 1 fully saturated rings. The van der Waals surface area contributed by atoms with Crippen molar-refractivity contribution in [2.45, 2.75) is 52.0 Å². The lowest BCUT2D eigenvalue weighted by atomic mass is 9.90. The Morgan fingerprint density at radius 3 is 2.50 bits per heavy atom. The summed E-state index contributed by atoms with van der Waals surface area (Å²) in [5, 5.41) is 1.18. The van der Waals surface area contributed by atoms with E-state index in [1.807, 2.05) is 12.3 Å². The number of likely N-dealkylation sites (tertiary alicyclic amines) is 1. The van der Waals surface area contributed by atoms with Crippen molar-refractivity contribution in [1.82, 2.24) is 14.9 Å². The summed E-state index contributed by atoms with van der Waals surface area (Å²) >= 11 is 0. The lowest BCUT2D eigenvalue weighted by molar-refractivity contribution is 0.102. The smallest absolute Gasteiger partial charge is 0.138 e. The van der Waals surface area contributed by atoms with E-state index in [0.29, 0.717) is 5.92 Å².